The molecule has 1 fully saturated rings. The zero-order valence-corrected chi connectivity index (χ0v) is 13.7. The van der Waals surface area contributed by atoms with Gasteiger partial charge in [0, 0.05) is 0 Å². The summed E-state index contributed by atoms with van der Waals surface area (Å²) < 4.78 is 10.2. The molecule has 1 aromatic rings. The summed E-state index contributed by atoms with van der Waals surface area (Å²) in [5.41, 5.74) is 0.808. The fraction of sp³-hybridized carbons (Fsp3) is 0.500. The molecule has 1 aliphatic rings. The number of ether oxygens (including phenoxy) is 2. The van der Waals surface area contributed by atoms with E-state index in [1.807, 2.05) is 18.2 Å². The van der Waals surface area contributed by atoms with Crippen LogP contribution in [0.4, 0.5) is 4.79 Å². The highest BCUT2D eigenvalue weighted by atomic mass is 16.6. The molecule has 2 rings (SSSR count). The quantitative estimate of drug-likeness (QED) is 0.450. The summed E-state index contributed by atoms with van der Waals surface area (Å²) in [7, 11) is 0. The van der Waals surface area contributed by atoms with Gasteiger partial charge in [-0.05, 0) is 12.5 Å². The first-order valence-electron chi connectivity index (χ1n) is 7.82. The first kappa shape index (κ1) is 19.1. The normalized spacial score (nSPS) is 28.9. The van der Waals surface area contributed by atoms with Gasteiger partial charge in [0.1, 0.15) is 31.5 Å². The maximum Gasteiger partial charge on any atom is 0.407 e. The number of carbonyl (C=O) groups is 2. The minimum absolute atomic E-state index is 0.0698. The molecule has 0 spiro atoms. The Bertz CT molecular complexity index is 583. The van der Waals surface area contributed by atoms with Crippen molar-refractivity contribution in [1.29, 1.82) is 0 Å². The van der Waals surface area contributed by atoms with Crippen LogP contribution >= 0.6 is 0 Å². The number of nitrogens with one attached hydrogen (secondary N) is 2. The molecular formula is C16H22N2O7. The van der Waals surface area contributed by atoms with Crippen molar-refractivity contribution in [2.24, 2.45) is 0 Å². The van der Waals surface area contributed by atoms with Crippen LogP contribution in [0.3, 0.4) is 0 Å². The average molecular weight is 354 g/mol. The summed E-state index contributed by atoms with van der Waals surface area (Å²) >= 11 is 0. The summed E-state index contributed by atoms with van der Waals surface area (Å²) in [4.78, 5) is 23.4. The van der Waals surface area contributed by atoms with Gasteiger partial charge in [0.05, 0.1) is 6.10 Å². The van der Waals surface area contributed by atoms with Crippen LogP contribution in [0, 0.1) is 0 Å². The van der Waals surface area contributed by atoms with Crippen molar-refractivity contribution < 1.29 is 34.4 Å². The molecule has 0 saturated carbocycles. The van der Waals surface area contributed by atoms with E-state index in [4.69, 9.17) is 9.47 Å². The van der Waals surface area contributed by atoms with E-state index in [0.717, 1.165) is 5.56 Å². The molecule has 1 saturated heterocycles. The Morgan fingerprint density at radius 3 is 2.48 bits per heavy atom. The van der Waals surface area contributed by atoms with Crippen molar-refractivity contribution in [3.8, 4) is 0 Å². The van der Waals surface area contributed by atoms with Gasteiger partial charge in [-0.2, -0.15) is 0 Å². The lowest BCUT2D eigenvalue weighted by Gasteiger charge is -2.39. The Hall–Kier alpha value is -2.20. The van der Waals surface area contributed by atoms with Crippen LogP contribution < -0.4 is 10.6 Å². The highest BCUT2D eigenvalue weighted by molar-refractivity contribution is 5.82. The minimum atomic E-state index is -1.49. The van der Waals surface area contributed by atoms with Crippen LogP contribution in [0.2, 0.25) is 0 Å². The van der Waals surface area contributed by atoms with Crippen molar-refractivity contribution in [3.05, 3.63) is 35.9 Å². The Morgan fingerprint density at radius 2 is 1.80 bits per heavy atom. The standard InChI is InChI=1S/C16H22N2O7/c1-9-12(20)13(21)14(22)15(25-9)18-11(19)7-17-16(23)24-8-10-5-3-2-4-6-10/h2-6,9,12-15,20-22H,7-8H2,1H3,(H,17,23)(H,18,19)/t9-,12+,13+,14-,15-/m0/s1. The van der Waals surface area contributed by atoms with E-state index in [1.54, 1.807) is 12.1 Å². The van der Waals surface area contributed by atoms with Crippen LogP contribution in [-0.2, 0) is 20.9 Å². The number of alkyl carbamates (subject to hydrolysis) is 1. The molecule has 2 amide bonds. The van der Waals surface area contributed by atoms with Gasteiger partial charge in [0.2, 0.25) is 5.91 Å². The van der Waals surface area contributed by atoms with E-state index in [-0.39, 0.29) is 6.61 Å². The fourth-order valence-corrected chi connectivity index (χ4v) is 2.31. The van der Waals surface area contributed by atoms with Gasteiger partial charge < -0.3 is 35.4 Å². The smallest absolute Gasteiger partial charge is 0.407 e. The monoisotopic (exact) mass is 354 g/mol. The van der Waals surface area contributed by atoms with E-state index < -0.39 is 49.2 Å². The third kappa shape index (κ3) is 5.40. The number of benzene rings is 1. The molecule has 1 aliphatic heterocycles. The number of rotatable bonds is 5. The highest BCUT2D eigenvalue weighted by Crippen LogP contribution is 2.19. The lowest BCUT2D eigenvalue weighted by atomic mass is 9.99. The van der Waals surface area contributed by atoms with Crippen molar-refractivity contribution in [2.75, 3.05) is 6.54 Å². The van der Waals surface area contributed by atoms with E-state index in [2.05, 4.69) is 10.6 Å². The number of hydrogen-bond donors (Lipinski definition) is 5. The average Bonchev–Trinajstić information content (AvgIpc) is 2.61. The van der Waals surface area contributed by atoms with Gasteiger partial charge in [-0.15, -0.1) is 0 Å². The van der Waals surface area contributed by atoms with E-state index >= 15 is 0 Å². The van der Waals surface area contributed by atoms with Gasteiger partial charge in [0.25, 0.3) is 0 Å². The molecule has 1 aromatic carbocycles. The van der Waals surface area contributed by atoms with E-state index in [1.165, 1.54) is 6.92 Å². The third-order valence-electron chi connectivity index (χ3n) is 3.76. The maximum absolute atomic E-state index is 11.8. The predicted octanol–water partition coefficient (Wildman–Crippen LogP) is -1.14. The number of aliphatic hydroxyl groups is 3. The third-order valence-corrected chi connectivity index (χ3v) is 3.76. The summed E-state index contributed by atoms with van der Waals surface area (Å²) in [6.07, 6.45) is -6.92. The lowest BCUT2D eigenvalue weighted by Crippen LogP contribution is -2.62. The van der Waals surface area contributed by atoms with Crippen molar-refractivity contribution in [3.63, 3.8) is 0 Å². The van der Waals surface area contributed by atoms with Crippen LogP contribution in [0.15, 0.2) is 30.3 Å². The molecule has 0 aliphatic carbocycles. The first-order valence-corrected chi connectivity index (χ1v) is 7.82. The van der Waals surface area contributed by atoms with Crippen LogP contribution in [-0.4, -0.2) is 64.5 Å². The first-order chi connectivity index (χ1) is 11.9. The molecule has 138 valence electrons. The highest BCUT2D eigenvalue weighted by Gasteiger charge is 2.42. The minimum Gasteiger partial charge on any atom is -0.445 e. The van der Waals surface area contributed by atoms with Crippen molar-refractivity contribution >= 4 is 12.0 Å². The molecule has 9 heteroatoms. The second kappa shape index (κ2) is 8.77. The second-order valence-electron chi connectivity index (χ2n) is 5.72. The van der Waals surface area contributed by atoms with Gasteiger partial charge >= 0.3 is 6.09 Å². The van der Waals surface area contributed by atoms with Crippen LogP contribution in [0.1, 0.15) is 12.5 Å². The van der Waals surface area contributed by atoms with Crippen molar-refractivity contribution in [2.45, 2.75) is 44.2 Å². The molecular weight excluding hydrogens is 332 g/mol. The van der Waals surface area contributed by atoms with Gasteiger partial charge in [-0.25, -0.2) is 4.79 Å². The Labute approximate surface area is 144 Å². The molecule has 25 heavy (non-hydrogen) atoms. The summed E-state index contributed by atoms with van der Waals surface area (Å²) in [5.74, 6) is -0.642. The lowest BCUT2D eigenvalue weighted by molar-refractivity contribution is -0.224. The zero-order valence-electron chi connectivity index (χ0n) is 13.7. The summed E-state index contributed by atoms with van der Waals surface area (Å²) in [6.45, 7) is 1.17. The second-order valence-corrected chi connectivity index (χ2v) is 5.72. The molecule has 9 nitrogen and oxygen atoms in total. The number of aliphatic hydroxyl groups excluding tert-OH is 3. The predicted molar refractivity (Wildman–Crippen MR) is 85.1 cm³/mol. The van der Waals surface area contributed by atoms with Crippen molar-refractivity contribution in [1.82, 2.24) is 10.6 Å². The molecule has 0 radical (unpaired) electrons. The summed E-state index contributed by atoms with van der Waals surface area (Å²) in [5, 5.41) is 33.6. The molecule has 5 N–H and O–H groups in total. The van der Waals surface area contributed by atoms with Gasteiger partial charge in [0.15, 0.2) is 6.23 Å². The Morgan fingerprint density at radius 1 is 1.12 bits per heavy atom. The van der Waals surface area contributed by atoms with Crippen LogP contribution in [0.25, 0.3) is 0 Å². The fourth-order valence-electron chi connectivity index (χ4n) is 2.31. The molecule has 5 atom stereocenters. The molecule has 0 unspecified atom stereocenters. The van der Waals surface area contributed by atoms with E-state index in [9.17, 15) is 24.9 Å². The van der Waals surface area contributed by atoms with Crippen LogP contribution in [0.5, 0.6) is 0 Å². The zero-order chi connectivity index (χ0) is 18.4. The maximum atomic E-state index is 11.8. The Balaban J connectivity index is 1.72. The number of hydrogen-bond acceptors (Lipinski definition) is 7. The SMILES string of the molecule is C[C@@H]1O[C@H](NC(=O)CNC(=O)OCc2ccccc2)[C@@H](O)[C@H](O)[C@@H]1O. The Kier molecular flexibility index (Phi) is 6.71. The molecule has 1 heterocycles. The largest absolute Gasteiger partial charge is 0.445 e. The molecule has 0 bridgehead atoms. The van der Waals surface area contributed by atoms with Gasteiger partial charge in [-0.3, -0.25) is 4.79 Å². The molecule has 0 aromatic heterocycles. The topological polar surface area (TPSA) is 137 Å². The number of carbonyl (C=O) groups excluding carboxylic acids is 2. The van der Waals surface area contributed by atoms with E-state index in [0.29, 0.717) is 0 Å². The van der Waals surface area contributed by atoms with Gasteiger partial charge in [-0.1, -0.05) is 30.3 Å². The number of amides is 2. The summed E-state index contributed by atoms with van der Waals surface area (Å²) in [6, 6.07) is 9.05.